The smallest absolute Gasteiger partial charge is 0.171 e. The highest BCUT2D eigenvalue weighted by atomic mass is 32.1. The van der Waals surface area contributed by atoms with Crippen molar-refractivity contribution in [3.05, 3.63) is 60.2 Å². The van der Waals surface area contributed by atoms with Crippen LogP contribution in [0.2, 0.25) is 0 Å². The van der Waals surface area contributed by atoms with Crippen LogP contribution in [-0.2, 0) is 6.54 Å². The molecule has 0 aliphatic carbocycles. The van der Waals surface area contributed by atoms with Crippen LogP contribution in [0.25, 0.3) is 0 Å². The van der Waals surface area contributed by atoms with Gasteiger partial charge in [0.15, 0.2) is 5.11 Å². The molecule has 0 atom stereocenters. The predicted octanol–water partition coefficient (Wildman–Crippen LogP) is 4.55. The molecule has 4 heteroatoms. The number of rotatable bonds is 4. The minimum absolute atomic E-state index is 0.654. The quantitative estimate of drug-likeness (QED) is 0.799. The van der Waals surface area contributed by atoms with Crippen LogP contribution in [0.3, 0.4) is 0 Å². The molecule has 1 aliphatic rings. The van der Waals surface area contributed by atoms with E-state index >= 15 is 0 Å². The van der Waals surface area contributed by atoms with Crippen molar-refractivity contribution in [3.8, 4) is 0 Å². The van der Waals surface area contributed by atoms with Gasteiger partial charge in [-0.3, -0.25) is 0 Å². The Morgan fingerprint density at radius 3 is 2.21 bits per heavy atom. The third-order valence-corrected chi connectivity index (χ3v) is 4.64. The summed E-state index contributed by atoms with van der Waals surface area (Å²) in [5, 5.41) is 7.15. The normalized spacial score (nSPS) is 14.8. The molecule has 0 spiro atoms. The van der Waals surface area contributed by atoms with Crippen molar-refractivity contribution >= 4 is 28.7 Å². The van der Waals surface area contributed by atoms with Crippen LogP contribution in [0.1, 0.15) is 31.2 Å². The molecule has 2 N–H and O–H groups in total. The first-order chi connectivity index (χ1) is 11.8. The van der Waals surface area contributed by atoms with Crippen LogP contribution in [0, 0.1) is 0 Å². The molecule has 2 aromatic rings. The Bertz CT molecular complexity index is 632. The van der Waals surface area contributed by atoms with Gasteiger partial charge in [-0.2, -0.15) is 0 Å². The van der Waals surface area contributed by atoms with E-state index in [0.717, 1.165) is 12.2 Å². The highest BCUT2D eigenvalue weighted by molar-refractivity contribution is 7.80. The van der Waals surface area contributed by atoms with Gasteiger partial charge >= 0.3 is 0 Å². The predicted molar refractivity (Wildman–Crippen MR) is 107 cm³/mol. The fraction of sp³-hybridized carbons (Fsp3) is 0.350. The largest absolute Gasteiger partial charge is 0.372 e. The summed E-state index contributed by atoms with van der Waals surface area (Å²) in [6.07, 6.45) is 5.32. The lowest BCUT2D eigenvalue weighted by Crippen LogP contribution is -2.28. The lowest BCUT2D eigenvalue weighted by atomic mass is 10.2. The molecule has 2 aromatic carbocycles. The highest BCUT2D eigenvalue weighted by Crippen LogP contribution is 2.21. The number of hydrogen-bond donors (Lipinski definition) is 2. The van der Waals surface area contributed by atoms with E-state index in [1.165, 1.54) is 50.0 Å². The molecule has 0 saturated carbocycles. The first-order valence-corrected chi connectivity index (χ1v) is 9.16. The molecule has 1 heterocycles. The van der Waals surface area contributed by atoms with Crippen LogP contribution in [0.5, 0.6) is 0 Å². The van der Waals surface area contributed by atoms with Crippen molar-refractivity contribution in [3.63, 3.8) is 0 Å². The summed E-state index contributed by atoms with van der Waals surface area (Å²) >= 11 is 5.38. The molecule has 24 heavy (non-hydrogen) atoms. The van der Waals surface area contributed by atoms with Crippen molar-refractivity contribution in [1.82, 2.24) is 5.32 Å². The maximum absolute atomic E-state index is 5.38. The van der Waals surface area contributed by atoms with Crippen LogP contribution < -0.4 is 15.5 Å². The number of nitrogens with zero attached hydrogens (tertiary/aromatic N) is 1. The van der Waals surface area contributed by atoms with Crippen molar-refractivity contribution < 1.29 is 0 Å². The number of benzene rings is 2. The summed E-state index contributed by atoms with van der Waals surface area (Å²) in [5.74, 6) is 0. The number of nitrogens with one attached hydrogen (secondary N) is 2. The van der Waals surface area contributed by atoms with E-state index in [2.05, 4.69) is 51.9 Å². The van der Waals surface area contributed by atoms with E-state index in [1.54, 1.807) is 0 Å². The zero-order valence-corrected chi connectivity index (χ0v) is 14.8. The summed E-state index contributed by atoms with van der Waals surface area (Å²) in [5.41, 5.74) is 3.56. The minimum atomic E-state index is 0.654. The van der Waals surface area contributed by atoms with E-state index in [4.69, 9.17) is 12.2 Å². The summed E-state index contributed by atoms with van der Waals surface area (Å²) in [4.78, 5) is 2.49. The van der Waals surface area contributed by atoms with Crippen molar-refractivity contribution in [1.29, 1.82) is 0 Å². The molecule has 0 amide bonds. The third-order valence-electron chi connectivity index (χ3n) is 4.39. The second kappa shape index (κ2) is 8.69. The molecule has 1 aliphatic heterocycles. The monoisotopic (exact) mass is 339 g/mol. The lowest BCUT2D eigenvalue weighted by Gasteiger charge is -2.23. The fourth-order valence-corrected chi connectivity index (χ4v) is 3.23. The first-order valence-electron chi connectivity index (χ1n) is 8.75. The highest BCUT2D eigenvalue weighted by Gasteiger charge is 2.09. The van der Waals surface area contributed by atoms with Crippen LogP contribution in [0.4, 0.5) is 11.4 Å². The van der Waals surface area contributed by atoms with E-state index in [-0.39, 0.29) is 0 Å². The first kappa shape index (κ1) is 16.8. The molecule has 3 rings (SSSR count). The van der Waals surface area contributed by atoms with Gasteiger partial charge in [-0.15, -0.1) is 0 Å². The summed E-state index contributed by atoms with van der Waals surface area (Å²) in [7, 11) is 0. The van der Waals surface area contributed by atoms with Gasteiger partial charge in [0, 0.05) is 31.0 Å². The van der Waals surface area contributed by atoms with Gasteiger partial charge in [0.25, 0.3) is 0 Å². The third kappa shape index (κ3) is 4.96. The van der Waals surface area contributed by atoms with Gasteiger partial charge in [-0.05, 0) is 54.9 Å². The van der Waals surface area contributed by atoms with Crippen LogP contribution >= 0.6 is 12.2 Å². The molecule has 1 saturated heterocycles. The zero-order chi connectivity index (χ0) is 16.6. The van der Waals surface area contributed by atoms with Gasteiger partial charge < -0.3 is 15.5 Å². The van der Waals surface area contributed by atoms with E-state index in [0.29, 0.717) is 5.11 Å². The average Bonchev–Trinajstić information content (AvgIpc) is 2.91. The maximum atomic E-state index is 5.38. The number of hydrogen-bond acceptors (Lipinski definition) is 2. The zero-order valence-electron chi connectivity index (χ0n) is 14.0. The van der Waals surface area contributed by atoms with Gasteiger partial charge in [-0.25, -0.2) is 0 Å². The summed E-state index contributed by atoms with van der Waals surface area (Å²) in [6, 6.07) is 18.9. The van der Waals surface area contributed by atoms with E-state index < -0.39 is 0 Å². The minimum Gasteiger partial charge on any atom is -0.372 e. The lowest BCUT2D eigenvalue weighted by molar-refractivity contribution is 0.726. The van der Waals surface area contributed by atoms with Crippen molar-refractivity contribution in [2.45, 2.75) is 32.2 Å². The molecule has 0 aromatic heterocycles. The van der Waals surface area contributed by atoms with Gasteiger partial charge in [-0.1, -0.05) is 43.2 Å². The number of anilines is 2. The Morgan fingerprint density at radius 2 is 1.54 bits per heavy atom. The molecule has 0 radical (unpaired) electrons. The molecule has 0 unspecified atom stereocenters. The molecular weight excluding hydrogens is 314 g/mol. The summed E-state index contributed by atoms with van der Waals surface area (Å²) < 4.78 is 0. The second-order valence-electron chi connectivity index (χ2n) is 6.24. The van der Waals surface area contributed by atoms with Gasteiger partial charge in [0.1, 0.15) is 0 Å². The Kier molecular flexibility index (Phi) is 6.07. The Morgan fingerprint density at radius 1 is 0.875 bits per heavy atom. The average molecular weight is 340 g/mol. The maximum Gasteiger partial charge on any atom is 0.171 e. The molecule has 0 bridgehead atoms. The van der Waals surface area contributed by atoms with E-state index in [1.807, 2.05) is 18.2 Å². The fourth-order valence-electron chi connectivity index (χ4n) is 3.04. The molecule has 3 nitrogen and oxygen atoms in total. The van der Waals surface area contributed by atoms with Crippen LogP contribution in [0.15, 0.2) is 54.6 Å². The van der Waals surface area contributed by atoms with Crippen LogP contribution in [-0.4, -0.2) is 18.2 Å². The topological polar surface area (TPSA) is 27.3 Å². The molecular formula is C20H25N3S. The molecule has 126 valence electrons. The van der Waals surface area contributed by atoms with Gasteiger partial charge in [0.2, 0.25) is 0 Å². The summed E-state index contributed by atoms with van der Waals surface area (Å²) in [6.45, 7) is 3.08. The Balaban J connectivity index is 1.51. The van der Waals surface area contributed by atoms with E-state index in [9.17, 15) is 0 Å². The van der Waals surface area contributed by atoms with Crippen molar-refractivity contribution in [2.75, 3.05) is 23.3 Å². The number of thiocarbonyl (C=S) groups is 1. The molecule has 1 fully saturated rings. The second-order valence-corrected chi connectivity index (χ2v) is 6.65. The Hall–Kier alpha value is -2.07. The Labute approximate surface area is 150 Å². The SMILES string of the molecule is S=C(NCc1ccccc1)Nc1ccc(N2CCCCCC2)cc1. The van der Waals surface area contributed by atoms with Gasteiger partial charge in [0.05, 0.1) is 0 Å². The van der Waals surface area contributed by atoms with Crippen molar-refractivity contribution in [2.24, 2.45) is 0 Å². The standard InChI is InChI=1S/C20H25N3S/c24-20(21-16-17-8-4-3-5-9-17)22-18-10-12-19(13-11-18)23-14-6-1-2-7-15-23/h3-5,8-13H,1-2,6-7,14-16H2,(H2,21,22,24).